The fourth-order valence-corrected chi connectivity index (χ4v) is 3.01. The third-order valence-corrected chi connectivity index (χ3v) is 4.56. The van der Waals surface area contributed by atoms with E-state index >= 15 is 0 Å². The van der Waals surface area contributed by atoms with Crippen molar-refractivity contribution in [2.75, 3.05) is 32.2 Å². The van der Waals surface area contributed by atoms with Gasteiger partial charge in [0.2, 0.25) is 0 Å². The average molecular weight is 408 g/mol. The highest BCUT2D eigenvalue weighted by atomic mass is 79.9. The number of benzene rings is 2. The molecule has 2 aromatic rings. The topological polar surface area (TPSA) is 49.0 Å². The van der Waals surface area contributed by atoms with Crippen molar-refractivity contribution in [2.24, 2.45) is 0 Å². The van der Waals surface area contributed by atoms with Crippen molar-refractivity contribution in [1.82, 2.24) is 0 Å². The van der Waals surface area contributed by atoms with E-state index < -0.39 is 0 Å². The molecule has 134 valence electrons. The molecule has 0 radical (unpaired) electrons. The summed E-state index contributed by atoms with van der Waals surface area (Å²) < 4.78 is 23.3. The molecule has 1 aliphatic heterocycles. The van der Waals surface area contributed by atoms with Crippen LogP contribution in [-0.4, -0.2) is 26.9 Å². The molecule has 25 heavy (non-hydrogen) atoms. The van der Waals surface area contributed by atoms with Crippen LogP contribution >= 0.6 is 15.9 Å². The fraction of sp³-hybridized carbons (Fsp3) is 0.368. The van der Waals surface area contributed by atoms with Gasteiger partial charge in [0.1, 0.15) is 13.2 Å². The maximum atomic E-state index is 5.73. The zero-order chi connectivity index (χ0) is 17.6. The highest BCUT2D eigenvalue weighted by Gasteiger charge is 2.13. The first kappa shape index (κ1) is 17.7. The molecule has 2 aromatic carbocycles. The molecule has 5 nitrogen and oxygen atoms in total. The van der Waals surface area contributed by atoms with E-state index in [4.69, 9.17) is 18.9 Å². The van der Waals surface area contributed by atoms with Crippen molar-refractivity contribution in [1.29, 1.82) is 0 Å². The van der Waals surface area contributed by atoms with E-state index in [0.29, 0.717) is 26.4 Å². The number of halogens is 1. The van der Waals surface area contributed by atoms with E-state index in [0.717, 1.165) is 45.1 Å². The highest BCUT2D eigenvalue weighted by Crippen LogP contribution is 2.35. The van der Waals surface area contributed by atoms with Crippen LogP contribution in [-0.2, 0) is 6.54 Å². The van der Waals surface area contributed by atoms with Gasteiger partial charge in [0, 0.05) is 22.8 Å². The molecule has 1 aliphatic rings. The number of ether oxygens (including phenoxy) is 4. The van der Waals surface area contributed by atoms with E-state index in [2.05, 4.69) is 28.2 Å². The molecule has 0 saturated carbocycles. The molecule has 0 aromatic heterocycles. The summed E-state index contributed by atoms with van der Waals surface area (Å²) in [7, 11) is 1.65. The van der Waals surface area contributed by atoms with Crippen LogP contribution in [0, 0.1) is 0 Å². The zero-order valence-corrected chi connectivity index (χ0v) is 16.0. The molecule has 0 amide bonds. The Labute approximate surface area is 156 Å². The normalized spacial score (nSPS) is 12.6. The molecule has 0 aliphatic carbocycles. The Morgan fingerprint density at radius 3 is 2.64 bits per heavy atom. The summed E-state index contributed by atoms with van der Waals surface area (Å²) in [6.07, 6.45) is 0.953. The summed E-state index contributed by atoms with van der Waals surface area (Å²) in [5, 5.41) is 3.40. The van der Waals surface area contributed by atoms with Gasteiger partial charge < -0.3 is 24.3 Å². The molecule has 0 unspecified atom stereocenters. The van der Waals surface area contributed by atoms with Crippen LogP contribution in [0.5, 0.6) is 23.0 Å². The van der Waals surface area contributed by atoms with Crippen molar-refractivity contribution in [2.45, 2.75) is 19.9 Å². The Morgan fingerprint density at radius 1 is 1.08 bits per heavy atom. The predicted octanol–water partition coefficient (Wildman–Crippen LogP) is 4.63. The Bertz CT molecular complexity index is 736. The molecule has 0 spiro atoms. The summed E-state index contributed by atoms with van der Waals surface area (Å²) in [5.41, 5.74) is 2.05. The van der Waals surface area contributed by atoms with Gasteiger partial charge in [0.05, 0.1) is 13.7 Å². The van der Waals surface area contributed by atoms with E-state index in [9.17, 15) is 0 Å². The Balaban J connectivity index is 1.72. The lowest BCUT2D eigenvalue weighted by molar-refractivity contribution is 0.171. The van der Waals surface area contributed by atoms with Crippen molar-refractivity contribution < 1.29 is 18.9 Å². The van der Waals surface area contributed by atoms with Crippen LogP contribution in [0.15, 0.2) is 34.8 Å². The molecular weight excluding hydrogens is 386 g/mol. The van der Waals surface area contributed by atoms with Crippen LogP contribution in [0.2, 0.25) is 0 Å². The van der Waals surface area contributed by atoms with Crippen LogP contribution in [0.25, 0.3) is 0 Å². The number of anilines is 1. The highest BCUT2D eigenvalue weighted by molar-refractivity contribution is 9.10. The van der Waals surface area contributed by atoms with Gasteiger partial charge in [0.15, 0.2) is 23.0 Å². The maximum Gasteiger partial charge on any atom is 0.163 e. The third kappa shape index (κ3) is 4.31. The SMILES string of the molecule is CCCOc1cc(Br)c(CNc2ccc3c(c2)OCCO3)cc1OC. The van der Waals surface area contributed by atoms with Gasteiger partial charge in [-0.2, -0.15) is 0 Å². The summed E-state index contributed by atoms with van der Waals surface area (Å²) in [6, 6.07) is 9.80. The number of fused-ring (bicyclic) bond motifs is 1. The van der Waals surface area contributed by atoms with E-state index in [1.807, 2.05) is 30.3 Å². The first-order chi connectivity index (χ1) is 12.2. The quantitative estimate of drug-likeness (QED) is 0.724. The van der Waals surface area contributed by atoms with Gasteiger partial charge in [-0.1, -0.05) is 22.9 Å². The van der Waals surface area contributed by atoms with Gasteiger partial charge in [-0.15, -0.1) is 0 Å². The lowest BCUT2D eigenvalue weighted by atomic mass is 10.2. The Kier molecular flexibility index (Phi) is 5.91. The van der Waals surface area contributed by atoms with Crippen LogP contribution in [0.4, 0.5) is 5.69 Å². The number of rotatable bonds is 7. The van der Waals surface area contributed by atoms with Crippen LogP contribution in [0.1, 0.15) is 18.9 Å². The van der Waals surface area contributed by atoms with Gasteiger partial charge >= 0.3 is 0 Å². The minimum absolute atomic E-state index is 0.582. The van der Waals surface area contributed by atoms with Crippen molar-refractivity contribution in [3.8, 4) is 23.0 Å². The summed E-state index contributed by atoms with van der Waals surface area (Å²) in [5.74, 6) is 3.04. The van der Waals surface area contributed by atoms with Crippen molar-refractivity contribution in [3.05, 3.63) is 40.4 Å². The number of nitrogens with one attached hydrogen (secondary N) is 1. The monoisotopic (exact) mass is 407 g/mol. The molecule has 1 N–H and O–H groups in total. The minimum atomic E-state index is 0.582. The first-order valence-corrected chi connectivity index (χ1v) is 9.13. The van der Waals surface area contributed by atoms with Crippen molar-refractivity contribution in [3.63, 3.8) is 0 Å². The minimum Gasteiger partial charge on any atom is -0.493 e. The lowest BCUT2D eigenvalue weighted by Crippen LogP contribution is -2.15. The molecule has 0 fully saturated rings. The Morgan fingerprint density at radius 2 is 1.88 bits per heavy atom. The average Bonchev–Trinajstić information content (AvgIpc) is 2.65. The first-order valence-electron chi connectivity index (χ1n) is 8.34. The van der Waals surface area contributed by atoms with Crippen LogP contribution in [0.3, 0.4) is 0 Å². The molecule has 0 bridgehead atoms. The maximum absolute atomic E-state index is 5.73. The van der Waals surface area contributed by atoms with E-state index in [1.165, 1.54) is 0 Å². The second-order valence-electron chi connectivity index (χ2n) is 5.65. The standard InChI is InChI=1S/C19H22BrNO4/c1-3-6-23-19-11-15(20)13(9-17(19)22-2)12-21-14-4-5-16-18(10-14)25-8-7-24-16/h4-5,9-11,21H,3,6-8,12H2,1-2H3. The van der Waals surface area contributed by atoms with Crippen molar-refractivity contribution >= 4 is 21.6 Å². The molecule has 0 saturated heterocycles. The largest absolute Gasteiger partial charge is 0.493 e. The molecule has 1 heterocycles. The smallest absolute Gasteiger partial charge is 0.163 e. The second kappa shape index (κ2) is 8.34. The van der Waals surface area contributed by atoms with Gasteiger partial charge in [-0.3, -0.25) is 0 Å². The van der Waals surface area contributed by atoms with Crippen LogP contribution < -0.4 is 24.3 Å². The number of hydrogen-bond acceptors (Lipinski definition) is 5. The second-order valence-corrected chi connectivity index (χ2v) is 6.51. The lowest BCUT2D eigenvalue weighted by Gasteiger charge is -2.19. The van der Waals surface area contributed by atoms with Gasteiger partial charge in [-0.25, -0.2) is 0 Å². The summed E-state index contributed by atoms with van der Waals surface area (Å²) in [4.78, 5) is 0. The van der Waals surface area contributed by atoms with E-state index in [-0.39, 0.29) is 0 Å². The predicted molar refractivity (Wildman–Crippen MR) is 101 cm³/mol. The number of hydrogen-bond donors (Lipinski definition) is 1. The van der Waals surface area contributed by atoms with E-state index in [1.54, 1.807) is 7.11 Å². The Hall–Kier alpha value is -2.08. The fourth-order valence-electron chi connectivity index (χ4n) is 2.55. The molecular formula is C19H22BrNO4. The summed E-state index contributed by atoms with van der Waals surface area (Å²) in [6.45, 7) is 4.56. The third-order valence-electron chi connectivity index (χ3n) is 3.82. The molecule has 3 rings (SSSR count). The zero-order valence-electron chi connectivity index (χ0n) is 14.4. The number of methoxy groups -OCH3 is 1. The van der Waals surface area contributed by atoms with Gasteiger partial charge in [0.25, 0.3) is 0 Å². The summed E-state index contributed by atoms with van der Waals surface area (Å²) >= 11 is 3.62. The molecule has 0 atom stereocenters. The molecule has 6 heteroatoms. The van der Waals surface area contributed by atoms with Gasteiger partial charge in [-0.05, 0) is 36.2 Å².